The van der Waals surface area contributed by atoms with E-state index in [0.717, 1.165) is 0 Å². The van der Waals surface area contributed by atoms with E-state index < -0.39 is 0 Å². The monoisotopic (exact) mass is 530 g/mol. The van der Waals surface area contributed by atoms with E-state index in [9.17, 15) is 9.18 Å². The van der Waals surface area contributed by atoms with Gasteiger partial charge in [0.25, 0.3) is 5.91 Å². The van der Waals surface area contributed by atoms with Crippen molar-refractivity contribution in [3.63, 3.8) is 0 Å². The molecule has 1 amide bonds. The molecule has 0 radical (unpaired) electrons. The number of hydrogen-bond acceptors (Lipinski definition) is 4. The van der Waals surface area contributed by atoms with E-state index in [4.69, 9.17) is 9.47 Å². The summed E-state index contributed by atoms with van der Waals surface area (Å²) in [7, 11) is 3.24. The fourth-order valence-corrected chi connectivity index (χ4v) is 2.48. The quantitative estimate of drug-likeness (QED) is 0.201. The predicted molar refractivity (Wildman–Crippen MR) is 127 cm³/mol. The third-order valence-electron chi connectivity index (χ3n) is 3.97. The second-order valence-electron chi connectivity index (χ2n) is 6.25. The normalized spacial score (nSPS) is 11.7. The van der Waals surface area contributed by atoms with E-state index in [-0.39, 0.29) is 41.8 Å². The smallest absolute Gasteiger partial charge is 0.251 e. The third kappa shape index (κ3) is 8.85. The maximum atomic E-state index is 13.2. The number of amides is 1. The number of carbonyl (C=O) groups excluding carboxylic acids is 1. The molecule has 0 saturated heterocycles. The molecule has 164 valence electrons. The summed E-state index contributed by atoms with van der Waals surface area (Å²) in [5, 5.41) is 9.07. The van der Waals surface area contributed by atoms with Gasteiger partial charge in [-0.25, -0.2) is 4.39 Å². The Bertz CT molecular complexity index is 818. The predicted octanol–water partition coefficient (Wildman–Crippen LogP) is 2.81. The van der Waals surface area contributed by atoms with E-state index in [0.29, 0.717) is 42.7 Å². The van der Waals surface area contributed by atoms with Crippen LogP contribution in [0.3, 0.4) is 0 Å². The average molecular weight is 530 g/mol. The van der Waals surface area contributed by atoms with Crippen LogP contribution in [0.15, 0.2) is 53.5 Å². The molecule has 0 aliphatic rings. The molecule has 1 atom stereocenters. The topological polar surface area (TPSA) is 84.0 Å². The molecular weight excluding hydrogens is 502 g/mol. The molecule has 0 aliphatic carbocycles. The first-order chi connectivity index (χ1) is 14.0. The average Bonchev–Trinajstić information content (AvgIpc) is 2.73. The second kappa shape index (κ2) is 13.6. The molecule has 2 aromatic rings. The van der Waals surface area contributed by atoms with Crippen molar-refractivity contribution in [3.05, 3.63) is 59.9 Å². The lowest BCUT2D eigenvalue weighted by atomic mass is 10.2. The first kappa shape index (κ1) is 25.5. The first-order valence-corrected chi connectivity index (χ1v) is 9.31. The van der Waals surface area contributed by atoms with Gasteiger partial charge in [0.05, 0.1) is 13.7 Å². The Kier molecular flexibility index (Phi) is 11.6. The lowest BCUT2D eigenvalue weighted by Crippen LogP contribution is -2.44. The number of halogens is 2. The maximum absolute atomic E-state index is 13.2. The summed E-state index contributed by atoms with van der Waals surface area (Å²) in [5.41, 5.74) is 0.566. The zero-order chi connectivity index (χ0) is 21.1. The van der Waals surface area contributed by atoms with Gasteiger partial charge in [0.1, 0.15) is 23.4 Å². The highest BCUT2D eigenvalue weighted by atomic mass is 127. The third-order valence-corrected chi connectivity index (χ3v) is 3.97. The van der Waals surface area contributed by atoms with Crippen molar-refractivity contribution in [2.45, 2.75) is 13.0 Å². The lowest BCUT2D eigenvalue weighted by Gasteiger charge is -2.18. The largest absolute Gasteiger partial charge is 0.497 e. The molecule has 0 aliphatic heterocycles. The summed E-state index contributed by atoms with van der Waals surface area (Å²) in [5.74, 6) is 1.27. The number of nitrogens with one attached hydrogen (secondary N) is 3. The van der Waals surface area contributed by atoms with E-state index in [1.165, 1.54) is 12.1 Å². The summed E-state index contributed by atoms with van der Waals surface area (Å²) in [4.78, 5) is 16.2. The van der Waals surface area contributed by atoms with Gasteiger partial charge in [-0.2, -0.15) is 0 Å². The lowest BCUT2D eigenvalue weighted by molar-refractivity contribution is 0.0954. The molecule has 7 nitrogen and oxygen atoms in total. The number of carbonyl (C=O) groups is 1. The molecule has 9 heteroatoms. The Labute approximate surface area is 193 Å². The van der Waals surface area contributed by atoms with Crippen LogP contribution >= 0.6 is 24.0 Å². The van der Waals surface area contributed by atoms with Gasteiger partial charge in [-0.1, -0.05) is 6.07 Å². The Hall–Kier alpha value is -2.56. The zero-order valence-electron chi connectivity index (χ0n) is 17.3. The van der Waals surface area contributed by atoms with Crippen molar-refractivity contribution in [1.29, 1.82) is 0 Å². The van der Waals surface area contributed by atoms with Crippen LogP contribution in [0.5, 0.6) is 11.5 Å². The number of aliphatic imine (C=N–C) groups is 1. The minimum Gasteiger partial charge on any atom is -0.497 e. The molecule has 1 unspecified atom stereocenters. The molecule has 2 rings (SSSR count). The maximum Gasteiger partial charge on any atom is 0.251 e. The standard InChI is InChI=1S/C21H27FN4O3.HI/c1-15(29-19-6-4-5-17(22)13-19)14-26-21(23-2)25-12-11-24-20(27)16-7-9-18(28-3)10-8-16;/h4-10,13,15H,11-12,14H2,1-3H3,(H,24,27)(H2,23,25,26);1H. The molecule has 2 aromatic carbocycles. The molecule has 0 bridgehead atoms. The van der Waals surface area contributed by atoms with Crippen LogP contribution in [0.4, 0.5) is 4.39 Å². The Morgan fingerprint density at radius 2 is 1.77 bits per heavy atom. The van der Waals surface area contributed by atoms with Crippen molar-refractivity contribution < 1.29 is 18.7 Å². The summed E-state index contributed by atoms with van der Waals surface area (Å²) in [6.07, 6.45) is -0.190. The van der Waals surface area contributed by atoms with Crippen LogP contribution in [0.25, 0.3) is 0 Å². The molecule has 0 aromatic heterocycles. The fourth-order valence-electron chi connectivity index (χ4n) is 2.48. The molecule has 3 N–H and O–H groups in total. The molecule has 0 heterocycles. The van der Waals surface area contributed by atoms with Crippen LogP contribution in [0.2, 0.25) is 0 Å². The Balaban J connectivity index is 0.00000450. The second-order valence-corrected chi connectivity index (χ2v) is 6.25. The molecule has 30 heavy (non-hydrogen) atoms. The Morgan fingerprint density at radius 3 is 2.40 bits per heavy atom. The van der Waals surface area contributed by atoms with Gasteiger partial charge in [-0.3, -0.25) is 9.79 Å². The zero-order valence-corrected chi connectivity index (χ0v) is 19.6. The van der Waals surface area contributed by atoms with Gasteiger partial charge in [0.2, 0.25) is 0 Å². The van der Waals surface area contributed by atoms with Gasteiger partial charge in [0.15, 0.2) is 5.96 Å². The number of hydrogen-bond donors (Lipinski definition) is 3. The number of benzene rings is 2. The summed E-state index contributed by atoms with van der Waals surface area (Å²) >= 11 is 0. The highest BCUT2D eigenvalue weighted by Gasteiger charge is 2.07. The van der Waals surface area contributed by atoms with Crippen molar-refractivity contribution in [3.8, 4) is 11.5 Å². The van der Waals surface area contributed by atoms with Crippen LogP contribution < -0.4 is 25.4 Å². The van der Waals surface area contributed by atoms with Crippen LogP contribution in [0, 0.1) is 5.82 Å². The van der Waals surface area contributed by atoms with Crippen LogP contribution in [-0.4, -0.2) is 51.8 Å². The summed E-state index contributed by atoms with van der Waals surface area (Å²) in [6.45, 7) is 3.29. The highest BCUT2D eigenvalue weighted by molar-refractivity contribution is 14.0. The highest BCUT2D eigenvalue weighted by Crippen LogP contribution is 2.13. The number of rotatable bonds is 9. The SMILES string of the molecule is CN=C(NCCNC(=O)c1ccc(OC)cc1)NCC(C)Oc1cccc(F)c1.I. The van der Waals surface area contributed by atoms with E-state index >= 15 is 0 Å². The van der Waals surface area contributed by atoms with Crippen molar-refractivity contribution in [2.75, 3.05) is 33.8 Å². The van der Waals surface area contributed by atoms with Gasteiger partial charge in [0, 0.05) is 31.8 Å². The van der Waals surface area contributed by atoms with Gasteiger partial charge in [-0.15, -0.1) is 24.0 Å². The van der Waals surface area contributed by atoms with Gasteiger partial charge >= 0.3 is 0 Å². The van der Waals surface area contributed by atoms with Gasteiger partial charge in [-0.05, 0) is 43.3 Å². The van der Waals surface area contributed by atoms with Crippen molar-refractivity contribution in [2.24, 2.45) is 4.99 Å². The number of nitrogens with zero attached hydrogens (tertiary/aromatic N) is 1. The minimum atomic E-state index is -0.336. The van der Waals surface area contributed by atoms with E-state index in [1.807, 2.05) is 6.92 Å². The molecular formula is C21H28FIN4O3. The summed E-state index contributed by atoms with van der Waals surface area (Å²) < 4.78 is 23.9. The molecule has 0 spiro atoms. The van der Waals surface area contributed by atoms with Gasteiger partial charge < -0.3 is 25.4 Å². The first-order valence-electron chi connectivity index (χ1n) is 9.31. The van der Waals surface area contributed by atoms with Crippen LogP contribution in [0.1, 0.15) is 17.3 Å². The minimum absolute atomic E-state index is 0. The number of methoxy groups -OCH3 is 1. The Morgan fingerprint density at radius 1 is 1.07 bits per heavy atom. The summed E-state index contributed by atoms with van der Waals surface area (Å²) in [6, 6.07) is 12.9. The van der Waals surface area contributed by atoms with Crippen LogP contribution in [-0.2, 0) is 0 Å². The van der Waals surface area contributed by atoms with E-state index in [1.54, 1.807) is 50.6 Å². The number of ether oxygens (including phenoxy) is 2. The van der Waals surface area contributed by atoms with Crippen molar-refractivity contribution in [1.82, 2.24) is 16.0 Å². The molecule has 0 saturated carbocycles. The number of guanidine groups is 1. The fraction of sp³-hybridized carbons (Fsp3) is 0.333. The molecule has 0 fully saturated rings. The van der Waals surface area contributed by atoms with E-state index in [2.05, 4.69) is 20.9 Å². The van der Waals surface area contributed by atoms with Crippen molar-refractivity contribution >= 4 is 35.8 Å².